The first-order chi connectivity index (χ1) is 16.9. The molecule has 0 unspecified atom stereocenters. The van der Waals surface area contributed by atoms with Crippen molar-refractivity contribution >= 4 is 28.4 Å². The van der Waals surface area contributed by atoms with E-state index < -0.39 is 0 Å². The number of hydrogen-bond acceptors (Lipinski definition) is 3. The van der Waals surface area contributed by atoms with Crippen LogP contribution in [0.15, 0.2) is 60.7 Å². The Labute approximate surface area is 205 Å². The molecular formula is C29H31N3O3. The number of aromatic nitrogens is 1. The Hall–Kier alpha value is -4.06. The van der Waals surface area contributed by atoms with Crippen LogP contribution in [0.5, 0.6) is 5.75 Å². The maximum atomic E-state index is 12.6. The molecule has 0 aliphatic carbocycles. The van der Waals surface area contributed by atoms with E-state index in [9.17, 15) is 9.59 Å². The zero-order chi connectivity index (χ0) is 24.9. The average Bonchev–Trinajstić information content (AvgIpc) is 3.22. The Morgan fingerprint density at radius 2 is 1.60 bits per heavy atom. The predicted molar refractivity (Wildman–Crippen MR) is 141 cm³/mol. The number of amides is 2. The number of aromatic amines is 1. The normalized spacial score (nSPS) is 10.9. The van der Waals surface area contributed by atoms with Crippen LogP contribution in [0.2, 0.25) is 0 Å². The molecule has 180 valence electrons. The first kappa shape index (κ1) is 24.1. The molecule has 2 amide bonds. The summed E-state index contributed by atoms with van der Waals surface area (Å²) in [6, 6.07) is 20.0. The largest absolute Gasteiger partial charge is 0.497 e. The molecule has 4 aromatic rings. The molecule has 0 aliphatic rings. The first-order valence-electron chi connectivity index (χ1n) is 11.7. The highest BCUT2D eigenvalue weighted by Crippen LogP contribution is 2.32. The molecule has 6 heteroatoms. The summed E-state index contributed by atoms with van der Waals surface area (Å²) >= 11 is 0. The van der Waals surface area contributed by atoms with Crippen LogP contribution in [0.4, 0.5) is 5.69 Å². The van der Waals surface area contributed by atoms with Crippen molar-refractivity contribution in [2.24, 2.45) is 0 Å². The van der Waals surface area contributed by atoms with E-state index in [0.29, 0.717) is 6.42 Å². The molecule has 1 aromatic heterocycles. The zero-order valence-electron chi connectivity index (χ0n) is 20.6. The number of anilines is 1. The fourth-order valence-electron chi connectivity index (χ4n) is 4.53. The standard InChI is InChI=1S/C29H31N3O3/c1-18-15-19(2)28(20(3)16-18)32-27(34)17-30-26(33)14-13-24-23-7-5-6-8-25(23)31-29(24)21-9-11-22(35-4)12-10-21/h5-12,15-16,31H,13-14,17H2,1-4H3,(H,30,33)(H,32,34). The average molecular weight is 470 g/mol. The number of methoxy groups -OCH3 is 1. The van der Waals surface area contributed by atoms with Crippen molar-refractivity contribution in [2.75, 3.05) is 19.0 Å². The lowest BCUT2D eigenvalue weighted by Crippen LogP contribution is -2.33. The van der Waals surface area contributed by atoms with Gasteiger partial charge in [-0.15, -0.1) is 0 Å². The molecule has 0 atom stereocenters. The van der Waals surface area contributed by atoms with Crippen LogP contribution in [0.1, 0.15) is 28.7 Å². The number of para-hydroxylation sites is 1. The quantitative estimate of drug-likeness (QED) is 0.321. The van der Waals surface area contributed by atoms with Crippen molar-refractivity contribution in [3.8, 4) is 17.0 Å². The summed E-state index contributed by atoms with van der Waals surface area (Å²) in [5.41, 5.74) is 8.09. The number of hydrogen-bond donors (Lipinski definition) is 3. The molecule has 3 N–H and O–H groups in total. The van der Waals surface area contributed by atoms with Crippen LogP contribution in [-0.2, 0) is 16.0 Å². The highest BCUT2D eigenvalue weighted by atomic mass is 16.5. The third kappa shape index (κ3) is 5.54. The van der Waals surface area contributed by atoms with Gasteiger partial charge in [-0.1, -0.05) is 35.9 Å². The van der Waals surface area contributed by atoms with E-state index >= 15 is 0 Å². The number of rotatable bonds is 8. The van der Waals surface area contributed by atoms with E-state index in [4.69, 9.17) is 4.74 Å². The molecule has 0 radical (unpaired) electrons. The number of carbonyl (C=O) groups is 2. The summed E-state index contributed by atoms with van der Waals surface area (Å²) in [6.45, 7) is 5.90. The van der Waals surface area contributed by atoms with E-state index in [1.165, 1.54) is 0 Å². The van der Waals surface area contributed by atoms with Gasteiger partial charge in [0.15, 0.2) is 0 Å². The number of H-pyrrole nitrogens is 1. The van der Waals surface area contributed by atoms with Crippen molar-refractivity contribution in [3.63, 3.8) is 0 Å². The van der Waals surface area contributed by atoms with Gasteiger partial charge in [-0.25, -0.2) is 0 Å². The van der Waals surface area contributed by atoms with E-state index in [1.807, 2.05) is 75.4 Å². The van der Waals surface area contributed by atoms with Gasteiger partial charge in [0.25, 0.3) is 0 Å². The van der Waals surface area contributed by atoms with E-state index in [1.54, 1.807) is 7.11 Å². The molecule has 4 rings (SSSR count). The van der Waals surface area contributed by atoms with Gasteiger partial charge in [0.1, 0.15) is 5.75 Å². The lowest BCUT2D eigenvalue weighted by Gasteiger charge is -2.13. The zero-order valence-corrected chi connectivity index (χ0v) is 20.6. The fourth-order valence-corrected chi connectivity index (χ4v) is 4.53. The maximum Gasteiger partial charge on any atom is 0.243 e. The number of aryl methyl sites for hydroxylation is 4. The van der Waals surface area contributed by atoms with E-state index in [2.05, 4.69) is 21.7 Å². The Balaban J connectivity index is 1.42. The smallest absolute Gasteiger partial charge is 0.243 e. The van der Waals surface area contributed by atoms with Crippen molar-refractivity contribution in [1.82, 2.24) is 10.3 Å². The van der Waals surface area contributed by atoms with Crippen LogP contribution < -0.4 is 15.4 Å². The summed E-state index contributed by atoms with van der Waals surface area (Å²) in [4.78, 5) is 28.6. The first-order valence-corrected chi connectivity index (χ1v) is 11.7. The van der Waals surface area contributed by atoms with Crippen LogP contribution in [0.25, 0.3) is 22.2 Å². The van der Waals surface area contributed by atoms with Gasteiger partial charge in [0.2, 0.25) is 11.8 Å². The highest BCUT2D eigenvalue weighted by molar-refractivity contribution is 5.96. The predicted octanol–water partition coefficient (Wildman–Crippen LogP) is 5.46. The molecule has 1 heterocycles. The molecule has 0 saturated heterocycles. The lowest BCUT2D eigenvalue weighted by molar-refractivity contribution is -0.124. The van der Waals surface area contributed by atoms with Crippen molar-refractivity contribution < 1.29 is 14.3 Å². The monoisotopic (exact) mass is 469 g/mol. The Kier molecular flexibility index (Phi) is 7.20. The molecule has 0 saturated carbocycles. The SMILES string of the molecule is COc1ccc(-c2[nH]c3ccccc3c2CCC(=O)NCC(=O)Nc2c(C)cc(C)cc2C)cc1. The second-order valence-electron chi connectivity index (χ2n) is 8.85. The molecular weight excluding hydrogens is 438 g/mol. The van der Waals surface area contributed by atoms with Crippen LogP contribution in [-0.4, -0.2) is 30.5 Å². The van der Waals surface area contributed by atoms with Gasteiger partial charge >= 0.3 is 0 Å². The minimum Gasteiger partial charge on any atom is -0.497 e. The number of ether oxygens (including phenoxy) is 1. The highest BCUT2D eigenvalue weighted by Gasteiger charge is 2.15. The summed E-state index contributed by atoms with van der Waals surface area (Å²) in [5, 5.41) is 6.78. The number of nitrogens with one attached hydrogen (secondary N) is 3. The van der Waals surface area contributed by atoms with E-state index in [-0.39, 0.29) is 24.8 Å². The summed E-state index contributed by atoms with van der Waals surface area (Å²) < 4.78 is 5.28. The molecule has 6 nitrogen and oxygen atoms in total. The molecule has 0 fully saturated rings. The minimum atomic E-state index is -0.237. The molecule has 35 heavy (non-hydrogen) atoms. The molecule has 0 bridgehead atoms. The molecule has 3 aromatic carbocycles. The van der Waals surface area contributed by atoms with Gasteiger partial charge < -0.3 is 20.4 Å². The second-order valence-corrected chi connectivity index (χ2v) is 8.85. The summed E-state index contributed by atoms with van der Waals surface area (Å²) in [6.07, 6.45) is 0.829. The Bertz CT molecular complexity index is 1350. The second kappa shape index (κ2) is 10.5. The van der Waals surface area contributed by atoms with E-state index in [0.717, 1.165) is 55.9 Å². The van der Waals surface area contributed by atoms with Gasteiger partial charge in [0, 0.05) is 28.7 Å². The topological polar surface area (TPSA) is 83.2 Å². The van der Waals surface area contributed by atoms with Crippen LogP contribution >= 0.6 is 0 Å². The fraction of sp³-hybridized carbons (Fsp3) is 0.241. The Morgan fingerprint density at radius 3 is 2.29 bits per heavy atom. The third-order valence-corrected chi connectivity index (χ3v) is 6.18. The number of fused-ring (bicyclic) bond motifs is 1. The van der Waals surface area contributed by atoms with Gasteiger partial charge in [0.05, 0.1) is 13.7 Å². The summed E-state index contributed by atoms with van der Waals surface area (Å²) in [7, 11) is 1.64. The van der Waals surface area contributed by atoms with Crippen molar-refractivity contribution in [2.45, 2.75) is 33.6 Å². The Morgan fingerprint density at radius 1 is 0.914 bits per heavy atom. The number of benzene rings is 3. The summed E-state index contributed by atoms with van der Waals surface area (Å²) in [5.74, 6) is 0.392. The molecule has 0 aliphatic heterocycles. The van der Waals surface area contributed by atoms with Gasteiger partial charge in [-0.2, -0.15) is 0 Å². The number of carbonyl (C=O) groups excluding carboxylic acids is 2. The van der Waals surface area contributed by atoms with Gasteiger partial charge in [-0.3, -0.25) is 9.59 Å². The third-order valence-electron chi connectivity index (χ3n) is 6.18. The van der Waals surface area contributed by atoms with Crippen LogP contribution in [0, 0.1) is 20.8 Å². The van der Waals surface area contributed by atoms with Gasteiger partial charge in [-0.05, 0) is 79.8 Å². The van der Waals surface area contributed by atoms with Crippen molar-refractivity contribution in [3.05, 3.63) is 82.9 Å². The van der Waals surface area contributed by atoms with Crippen LogP contribution in [0.3, 0.4) is 0 Å². The molecule has 0 spiro atoms. The lowest BCUT2D eigenvalue weighted by atomic mass is 10.0. The van der Waals surface area contributed by atoms with Crippen molar-refractivity contribution in [1.29, 1.82) is 0 Å². The maximum absolute atomic E-state index is 12.6. The minimum absolute atomic E-state index is 0.0647.